The molecule has 3 fully saturated rings. The minimum Gasteiger partial charge on any atom is -0.390 e. The molecule has 1 saturated carbocycles. The summed E-state index contributed by atoms with van der Waals surface area (Å²) in [5.74, 6) is 1.83. The summed E-state index contributed by atoms with van der Waals surface area (Å²) >= 11 is 0. The molecule has 0 bridgehead atoms. The molecule has 2 saturated heterocycles. The Morgan fingerprint density at radius 1 is 1.30 bits per heavy atom. The second kappa shape index (κ2) is 7.40. The van der Waals surface area contributed by atoms with Crippen molar-refractivity contribution in [3.63, 3.8) is 0 Å². The van der Waals surface area contributed by atoms with Crippen molar-refractivity contribution in [2.24, 2.45) is 11.8 Å². The van der Waals surface area contributed by atoms with Crippen LogP contribution in [0.3, 0.4) is 0 Å². The average Bonchev–Trinajstić information content (AvgIpc) is 3.14. The summed E-state index contributed by atoms with van der Waals surface area (Å²) in [6.07, 6.45) is 5.77. The lowest BCUT2D eigenvalue weighted by Crippen LogP contribution is -2.47. The minimum absolute atomic E-state index is 0.105. The molecular formula is C21H32N4O2. The van der Waals surface area contributed by atoms with E-state index in [4.69, 9.17) is 0 Å². The Kier molecular flexibility index (Phi) is 5.12. The van der Waals surface area contributed by atoms with Crippen molar-refractivity contribution in [2.45, 2.75) is 38.2 Å². The summed E-state index contributed by atoms with van der Waals surface area (Å²) in [5, 5.41) is 11.0. The molecule has 6 heteroatoms. The first-order valence-corrected chi connectivity index (χ1v) is 10.4. The molecule has 0 radical (unpaired) electrons. The molecule has 1 N–H and O–H groups in total. The molecule has 1 aromatic heterocycles. The predicted octanol–water partition coefficient (Wildman–Crippen LogP) is 1.85. The van der Waals surface area contributed by atoms with Crippen LogP contribution >= 0.6 is 0 Å². The van der Waals surface area contributed by atoms with Crippen LogP contribution in [0.5, 0.6) is 0 Å². The maximum absolute atomic E-state index is 12.9. The maximum Gasteiger partial charge on any atom is 0.254 e. The predicted molar refractivity (Wildman–Crippen MR) is 106 cm³/mol. The lowest BCUT2D eigenvalue weighted by molar-refractivity contribution is -0.0597. The smallest absolute Gasteiger partial charge is 0.254 e. The van der Waals surface area contributed by atoms with Crippen LogP contribution in [0.1, 0.15) is 43.0 Å². The molecular weight excluding hydrogens is 340 g/mol. The van der Waals surface area contributed by atoms with Gasteiger partial charge in [0.1, 0.15) is 5.82 Å². The van der Waals surface area contributed by atoms with Gasteiger partial charge < -0.3 is 19.8 Å². The van der Waals surface area contributed by atoms with Gasteiger partial charge in [-0.05, 0) is 44.4 Å². The Morgan fingerprint density at radius 3 is 2.81 bits per heavy atom. The largest absolute Gasteiger partial charge is 0.390 e. The number of carbonyl (C=O) groups excluding carboxylic acids is 1. The molecule has 4 rings (SSSR count). The second-order valence-electron chi connectivity index (χ2n) is 8.62. The van der Waals surface area contributed by atoms with Crippen molar-refractivity contribution in [3.05, 3.63) is 23.9 Å². The van der Waals surface area contributed by atoms with Gasteiger partial charge in [-0.2, -0.15) is 0 Å². The van der Waals surface area contributed by atoms with E-state index in [9.17, 15) is 9.90 Å². The van der Waals surface area contributed by atoms with Gasteiger partial charge in [-0.3, -0.25) is 4.79 Å². The molecule has 0 aromatic carbocycles. The number of anilines is 1. The number of aliphatic hydroxyl groups is 1. The van der Waals surface area contributed by atoms with Crippen LogP contribution in [0.2, 0.25) is 0 Å². The van der Waals surface area contributed by atoms with E-state index >= 15 is 0 Å². The van der Waals surface area contributed by atoms with Crippen molar-refractivity contribution in [3.8, 4) is 0 Å². The molecule has 1 aromatic rings. The van der Waals surface area contributed by atoms with Crippen molar-refractivity contribution in [2.75, 3.05) is 51.2 Å². The van der Waals surface area contributed by atoms with Crippen molar-refractivity contribution in [1.29, 1.82) is 0 Å². The van der Waals surface area contributed by atoms with E-state index in [1.54, 1.807) is 6.20 Å². The van der Waals surface area contributed by atoms with Gasteiger partial charge in [0.15, 0.2) is 0 Å². The van der Waals surface area contributed by atoms with E-state index in [-0.39, 0.29) is 5.91 Å². The summed E-state index contributed by atoms with van der Waals surface area (Å²) in [6.45, 7) is 7.29. The van der Waals surface area contributed by atoms with Crippen LogP contribution in [-0.4, -0.2) is 77.7 Å². The molecule has 0 unspecified atom stereocenters. The van der Waals surface area contributed by atoms with Crippen LogP contribution < -0.4 is 4.90 Å². The molecule has 2 aliphatic heterocycles. The first-order chi connectivity index (χ1) is 13.0. The Bertz CT molecular complexity index is 689. The quantitative estimate of drug-likeness (QED) is 0.877. The Labute approximate surface area is 162 Å². The van der Waals surface area contributed by atoms with Gasteiger partial charge in [-0.15, -0.1) is 0 Å². The highest BCUT2D eigenvalue weighted by molar-refractivity contribution is 5.95. The highest BCUT2D eigenvalue weighted by atomic mass is 16.3. The highest BCUT2D eigenvalue weighted by Crippen LogP contribution is 2.45. The number of nitrogens with zero attached hydrogens (tertiary/aromatic N) is 4. The van der Waals surface area contributed by atoms with Crippen molar-refractivity contribution in [1.82, 2.24) is 14.8 Å². The molecule has 148 valence electrons. The second-order valence-corrected chi connectivity index (χ2v) is 8.62. The lowest BCUT2D eigenvalue weighted by atomic mass is 9.69. The fraction of sp³-hybridized carbons (Fsp3) is 0.714. The zero-order valence-electron chi connectivity index (χ0n) is 16.6. The number of hydrogen-bond donors (Lipinski definition) is 1. The molecule has 6 nitrogen and oxygen atoms in total. The molecule has 1 amide bonds. The van der Waals surface area contributed by atoms with Crippen molar-refractivity contribution >= 4 is 11.7 Å². The first-order valence-electron chi connectivity index (χ1n) is 10.4. The zero-order valence-corrected chi connectivity index (χ0v) is 16.6. The zero-order chi connectivity index (χ0) is 19.0. The average molecular weight is 373 g/mol. The third kappa shape index (κ3) is 3.57. The number of rotatable bonds is 3. The van der Waals surface area contributed by atoms with E-state index < -0.39 is 5.60 Å². The molecule has 3 atom stereocenters. The summed E-state index contributed by atoms with van der Waals surface area (Å²) in [7, 11) is 2.09. The molecule has 3 heterocycles. The maximum atomic E-state index is 12.9. The summed E-state index contributed by atoms with van der Waals surface area (Å²) in [5.41, 5.74) is 0.190. The number of aromatic nitrogens is 1. The number of pyridine rings is 1. The van der Waals surface area contributed by atoms with Crippen LogP contribution in [-0.2, 0) is 0 Å². The van der Waals surface area contributed by atoms with E-state index in [0.717, 1.165) is 69.9 Å². The first kappa shape index (κ1) is 18.7. The third-order valence-electron chi connectivity index (χ3n) is 7.03. The minimum atomic E-state index is -0.537. The number of amides is 1. The Hall–Kier alpha value is -1.66. The third-order valence-corrected chi connectivity index (χ3v) is 7.03. The number of hydrogen-bond acceptors (Lipinski definition) is 5. The molecule has 1 aliphatic carbocycles. The molecule has 27 heavy (non-hydrogen) atoms. The number of piperazine rings is 1. The fourth-order valence-corrected chi connectivity index (χ4v) is 5.17. The number of fused-ring (bicyclic) bond motifs is 1. The van der Waals surface area contributed by atoms with Crippen LogP contribution in [0, 0.1) is 11.8 Å². The van der Waals surface area contributed by atoms with Crippen molar-refractivity contribution < 1.29 is 9.90 Å². The fourth-order valence-electron chi connectivity index (χ4n) is 5.17. The summed E-state index contributed by atoms with van der Waals surface area (Å²) in [4.78, 5) is 23.9. The van der Waals surface area contributed by atoms with Gasteiger partial charge in [-0.25, -0.2) is 4.98 Å². The van der Waals surface area contributed by atoms with Gasteiger partial charge in [0.05, 0.1) is 5.60 Å². The topological polar surface area (TPSA) is 59.9 Å². The van der Waals surface area contributed by atoms with E-state index in [1.807, 2.05) is 17.0 Å². The molecule has 3 aliphatic rings. The monoisotopic (exact) mass is 372 g/mol. The normalized spacial score (nSPS) is 31.8. The Morgan fingerprint density at radius 2 is 2.07 bits per heavy atom. The van der Waals surface area contributed by atoms with Gasteiger partial charge in [-0.1, -0.05) is 13.3 Å². The van der Waals surface area contributed by atoms with Crippen LogP contribution in [0.25, 0.3) is 0 Å². The number of carbonyl (C=O) groups is 1. The standard InChI is InChI=1S/C21H32N4O2/c1-3-21(27)7-4-5-17-14-25(15-18(17)21)19-13-16(6-8-22-19)20(26)24-11-9-23(2)10-12-24/h6,8,13,17-18,27H,3-5,7,9-12,14-15H2,1-2H3/t17-,18+,21-/m0/s1. The number of likely N-dealkylation sites (N-methyl/N-ethyl adjacent to an activating group) is 1. The van der Waals surface area contributed by atoms with Gasteiger partial charge in [0.25, 0.3) is 5.91 Å². The lowest BCUT2D eigenvalue weighted by Gasteiger charge is -2.40. The van der Waals surface area contributed by atoms with E-state index in [0.29, 0.717) is 11.8 Å². The van der Waals surface area contributed by atoms with Gasteiger partial charge >= 0.3 is 0 Å². The van der Waals surface area contributed by atoms with E-state index in [2.05, 4.69) is 28.8 Å². The van der Waals surface area contributed by atoms with Gasteiger partial charge in [0.2, 0.25) is 0 Å². The van der Waals surface area contributed by atoms with E-state index in [1.165, 1.54) is 6.42 Å². The highest BCUT2D eigenvalue weighted by Gasteiger charge is 2.48. The Balaban J connectivity index is 1.49. The van der Waals surface area contributed by atoms with Gasteiger partial charge in [0, 0.05) is 56.9 Å². The SMILES string of the molecule is CC[C@]1(O)CCC[C@H]2CN(c3cc(C(=O)N4CCN(C)CC4)ccn3)C[C@H]21. The molecule has 0 spiro atoms. The van der Waals surface area contributed by atoms with Crippen LogP contribution in [0.15, 0.2) is 18.3 Å². The summed E-state index contributed by atoms with van der Waals surface area (Å²) in [6, 6.07) is 3.78. The summed E-state index contributed by atoms with van der Waals surface area (Å²) < 4.78 is 0. The van der Waals surface area contributed by atoms with Crippen LogP contribution in [0.4, 0.5) is 5.82 Å².